The molecule has 106 valence electrons. The van der Waals surface area contributed by atoms with Crippen molar-refractivity contribution in [3.05, 3.63) is 16.1 Å². The molecule has 4 heteroatoms. The molecule has 0 amide bonds. The van der Waals surface area contributed by atoms with Gasteiger partial charge in [-0.2, -0.15) is 0 Å². The molecular weight excluding hydrogens is 254 g/mol. The van der Waals surface area contributed by atoms with Crippen molar-refractivity contribution in [1.29, 1.82) is 0 Å². The Bertz CT molecular complexity index is 394. The topological polar surface area (TPSA) is 28.2 Å². The molecule has 1 atom stereocenters. The van der Waals surface area contributed by atoms with Crippen molar-refractivity contribution in [2.75, 3.05) is 13.1 Å². The maximum Gasteiger partial charge on any atom is 0.0928 e. The van der Waals surface area contributed by atoms with E-state index in [-0.39, 0.29) is 0 Å². The van der Waals surface area contributed by atoms with Gasteiger partial charge >= 0.3 is 0 Å². The van der Waals surface area contributed by atoms with Crippen LogP contribution in [0.1, 0.15) is 49.7 Å². The molecule has 2 heterocycles. The second-order valence-corrected chi connectivity index (χ2v) is 6.88. The Morgan fingerprint density at radius 3 is 3.00 bits per heavy atom. The standard InChI is InChI=1S/C15H25N3S/c1-2-4-15-17-13(11-19-15)10-18(14-6-7-14)9-12-5-3-8-16-12/h11-12,14,16H,2-10H2,1H3. The Morgan fingerprint density at radius 2 is 2.32 bits per heavy atom. The number of nitrogens with zero attached hydrogens (tertiary/aromatic N) is 2. The zero-order chi connectivity index (χ0) is 13.1. The highest BCUT2D eigenvalue weighted by atomic mass is 32.1. The number of aromatic nitrogens is 1. The van der Waals surface area contributed by atoms with E-state index in [1.165, 1.54) is 55.9 Å². The first kappa shape index (κ1) is 13.5. The molecule has 1 saturated heterocycles. The predicted molar refractivity (Wildman–Crippen MR) is 80.6 cm³/mol. The van der Waals surface area contributed by atoms with E-state index in [0.29, 0.717) is 6.04 Å². The van der Waals surface area contributed by atoms with Gasteiger partial charge in [0.15, 0.2) is 0 Å². The maximum absolute atomic E-state index is 4.78. The van der Waals surface area contributed by atoms with E-state index in [4.69, 9.17) is 4.98 Å². The summed E-state index contributed by atoms with van der Waals surface area (Å²) in [5, 5.41) is 7.20. The van der Waals surface area contributed by atoms with Gasteiger partial charge in [-0.25, -0.2) is 4.98 Å². The van der Waals surface area contributed by atoms with Crippen LogP contribution in [0.3, 0.4) is 0 Å². The monoisotopic (exact) mass is 279 g/mol. The molecule has 1 aromatic rings. The van der Waals surface area contributed by atoms with Crippen molar-refractivity contribution in [1.82, 2.24) is 15.2 Å². The normalized spacial score (nSPS) is 23.4. The van der Waals surface area contributed by atoms with Gasteiger partial charge in [0.1, 0.15) is 0 Å². The first-order valence-electron chi connectivity index (χ1n) is 7.76. The molecule has 1 aliphatic heterocycles. The lowest BCUT2D eigenvalue weighted by molar-refractivity contribution is 0.229. The van der Waals surface area contributed by atoms with Crippen molar-refractivity contribution < 1.29 is 0 Å². The van der Waals surface area contributed by atoms with E-state index in [1.54, 1.807) is 0 Å². The minimum Gasteiger partial charge on any atom is -0.313 e. The number of thiazole rings is 1. The SMILES string of the molecule is CCCc1nc(CN(CC2CCCN2)C2CC2)cs1. The van der Waals surface area contributed by atoms with Crippen LogP contribution in [0.5, 0.6) is 0 Å². The van der Waals surface area contributed by atoms with Crippen molar-refractivity contribution in [3.8, 4) is 0 Å². The van der Waals surface area contributed by atoms with Crippen LogP contribution >= 0.6 is 11.3 Å². The summed E-state index contributed by atoms with van der Waals surface area (Å²) in [6.45, 7) is 5.71. The predicted octanol–water partition coefficient (Wildman–Crippen LogP) is 2.81. The molecule has 19 heavy (non-hydrogen) atoms. The van der Waals surface area contributed by atoms with Crippen LogP contribution in [-0.2, 0) is 13.0 Å². The van der Waals surface area contributed by atoms with E-state index < -0.39 is 0 Å². The fourth-order valence-electron chi connectivity index (χ4n) is 2.94. The van der Waals surface area contributed by atoms with Gasteiger partial charge in [0.05, 0.1) is 10.7 Å². The number of hydrogen-bond acceptors (Lipinski definition) is 4. The third kappa shape index (κ3) is 3.77. The lowest BCUT2D eigenvalue weighted by atomic mass is 10.2. The number of rotatable bonds is 7. The molecule has 1 aliphatic carbocycles. The summed E-state index contributed by atoms with van der Waals surface area (Å²) >= 11 is 1.84. The molecule has 1 unspecified atom stereocenters. The van der Waals surface area contributed by atoms with Gasteiger partial charge in [-0.3, -0.25) is 4.90 Å². The first-order valence-corrected chi connectivity index (χ1v) is 8.64. The van der Waals surface area contributed by atoms with E-state index in [9.17, 15) is 0 Å². The third-order valence-corrected chi connectivity index (χ3v) is 5.07. The highest BCUT2D eigenvalue weighted by molar-refractivity contribution is 7.09. The van der Waals surface area contributed by atoms with Gasteiger partial charge in [0.2, 0.25) is 0 Å². The zero-order valence-corrected chi connectivity index (χ0v) is 12.7. The molecule has 1 aromatic heterocycles. The zero-order valence-electron chi connectivity index (χ0n) is 11.9. The van der Waals surface area contributed by atoms with E-state index in [1.807, 2.05) is 11.3 Å². The lowest BCUT2D eigenvalue weighted by Crippen LogP contribution is -2.38. The van der Waals surface area contributed by atoms with Crippen LogP contribution < -0.4 is 5.32 Å². The minimum absolute atomic E-state index is 0.717. The smallest absolute Gasteiger partial charge is 0.0928 e. The van der Waals surface area contributed by atoms with Crippen LogP contribution in [-0.4, -0.2) is 35.1 Å². The summed E-state index contributed by atoms with van der Waals surface area (Å²) in [7, 11) is 0. The molecule has 3 rings (SSSR count). The fourth-order valence-corrected chi connectivity index (χ4v) is 3.83. The van der Waals surface area contributed by atoms with E-state index >= 15 is 0 Å². The van der Waals surface area contributed by atoms with Crippen LogP contribution in [0, 0.1) is 0 Å². The van der Waals surface area contributed by atoms with Crippen molar-refractivity contribution in [2.24, 2.45) is 0 Å². The molecule has 0 spiro atoms. The van der Waals surface area contributed by atoms with Gasteiger partial charge in [0.25, 0.3) is 0 Å². The minimum atomic E-state index is 0.717. The van der Waals surface area contributed by atoms with Gasteiger partial charge < -0.3 is 5.32 Å². The van der Waals surface area contributed by atoms with Gasteiger partial charge in [-0.1, -0.05) is 6.92 Å². The second-order valence-electron chi connectivity index (χ2n) is 5.94. The average molecular weight is 279 g/mol. The molecule has 0 radical (unpaired) electrons. The Morgan fingerprint density at radius 1 is 1.42 bits per heavy atom. The number of hydrogen-bond donors (Lipinski definition) is 1. The van der Waals surface area contributed by atoms with E-state index in [0.717, 1.165) is 19.0 Å². The molecule has 1 saturated carbocycles. The summed E-state index contributed by atoms with van der Waals surface area (Å²) in [6, 6.07) is 1.55. The Kier molecular flexibility index (Phi) is 4.51. The Balaban J connectivity index is 1.56. The number of aryl methyl sites for hydroxylation is 1. The van der Waals surface area contributed by atoms with Crippen molar-refractivity contribution in [3.63, 3.8) is 0 Å². The van der Waals surface area contributed by atoms with Crippen molar-refractivity contribution >= 4 is 11.3 Å². The van der Waals surface area contributed by atoms with Crippen molar-refractivity contribution in [2.45, 2.75) is 64.1 Å². The van der Waals surface area contributed by atoms with Crippen LogP contribution in [0.25, 0.3) is 0 Å². The fraction of sp³-hybridized carbons (Fsp3) is 0.800. The van der Waals surface area contributed by atoms with Gasteiger partial charge in [-0.15, -0.1) is 11.3 Å². The second kappa shape index (κ2) is 6.33. The highest BCUT2D eigenvalue weighted by Crippen LogP contribution is 2.29. The molecule has 3 nitrogen and oxygen atoms in total. The third-order valence-electron chi connectivity index (χ3n) is 4.11. The largest absolute Gasteiger partial charge is 0.313 e. The summed E-state index contributed by atoms with van der Waals surface area (Å²) in [4.78, 5) is 7.44. The molecule has 2 aliphatic rings. The average Bonchev–Trinajstić information content (AvgIpc) is 2.95. The highest BCUT2D eigenvalue weighted by Gasteiger charge is 2.31. The van der Waals surface area contributed by atoms with Crippen LogP contribution in [0.15, 0.2) is 5.38 Å². The van der Waals surface area contributed by atoms with E-state index in [2.05, 4.69) is 22.5 Å². The maximum atomic E-state index is 4.78. The summed E-state index contributed by atoms with van der Waals surface area (Å²) in [6.07, 6.45) is 7.81. The molecule has 0 bridgehead atoms. The first-order chi connectivity index (χ1) is 9.35. The summed E-state index contributed by atoms with van der Waals surface area (Å²) in [5.74, 6) is 0. The quantitative estimate of drug-likeness (QED) is 0.832. The summed E-state index contributed by atoms with van der Waals surface area (Å²) in [5.41, 5.74) is 1.29. The van der Waals surface area contributed by atoms with Gasteiger partial charge in [0, 0.05) is 30.6 Å². The van der Waals surface area contributed by atoms with Gasteiger partial charge in [-0.05, 0) is 45.1 Å². The number of nitrogens with one attached hydrogen (secondary N) is 1. The Labute approximate surface area is 120 Å². The molecule has 1 N–H and O–H groups in total. The van der Waals surface area contributed by atoms with Crippen LogP contribution in [0.2, 0.25) is 0 Å². The van der Waals surface area contributed by atoms with Crippen LogP contribution in [0.4, 0.5) is 0 Å². The molecule has 0 aromatic carbocycles. The summed E-state index contributed by atoms with van der Waals surface area (Å²) < 4.78 is 0. The lowest BCUT2D eigenvalue weighted by Gasteiger charge is -2.24. The molecule has 2 fully saturated rings. The molecular formula is C15H25N3S. The Hall–Kier alpha value is -0.450.